The molecule has 0 aromatic carbocycles. The van der Waals surface area contributed by atoms with Crippen LogP contribution in [-0.2, 0) is 4.79 Å². The van der Waals surface area contributed by atoms with Crippen LogP contribution in [0.25, 0.3) is 0 Å². The van der Waals surface area contributed by atoms with Crippen molar-refractivity contribution in [2.45, 2.75) is 45.1 Å². The van der Waals surface area contributed by atoms with E-state index in [-0.39, 0.29) is 6.42 Å². The Balaban J connectivity index is 3.16. The molecular weight excluding hydrogens is 210 g/mol. The molecule has 0 amide bonds. The van der Waals surface area contributed by atoms with Crippen LogP contribution < -0.4 is 5.32 Å². The summed E-state index contributed by atoms with van der Waals surface area (Å²) in [5.41, 5.74) is 0. The first-order chi connectivity index (χ1) is 7.16. The van der Waals surface area contributed by atoms with Crippen LogP contribution in [0.1, 0.15) is 39.0 Å². The first kappa shape index (κ1) is 14.8. The Kier molecular flexibility index (Phi) is 10.2. The molecule has 0 rings (SSSR count). The lowest BCUT2D eigenvalue weighted by molar-refractivity contribution is -0.137. The van der Waals surface area contributed by atoms with Gasteiger partial charge in [-0.15, -0.1) is 0 Å². The number of carboxylic acids is 1. The third kappa shape index (κ3) is 11.7. The number of carbonyl (C=O) groups is 1. The van der Waals surface area contributed by atoms with Crippen LogP contribution >= 0.6 is 11.8 Å². The second-order valence-corrected chi connectivity index (χ2v) is 4.83. The molecule has 0 aromatic heterocycles. The molecule has 0 aromatic rings. The van der Waals surface area contributed by atoms with E-state index in [2.05, 4.69) is 11.6 Å². The molecule has 0 aliphatic heterocycles. The lowest BCUT2D eigenvalue weighted by Gasteiger charge is -2.12. The Morgan fingerprint density at radius 2 is 2.13 bits per heavy atom. The summed E-state index contributed by atoms with van der Waals surface area (Å²) in [6.07, 6.45) is 6.86. The van der Waals surface area contributed by atoms with Gasteiger partial charge in [-0.05, 0) is 44.7 Å². The molecule has 0 fully saturated rings. The topological polar surface area (TPSA) is 49.3 Å². The van der Waals surface area contributed by atoms with E-state index in [9.17, 15) is 4.79 Å². The van der Waals surface area contributed by atoms with Gasteiger partial charge >= 0.3 is 5.97 Å². The van der Waals surface area contributed by atoms with Crippen molar-refractivity contribution >= 4 is 17.7 Å². The summed E-state index contributed by atoms with van der Waals surface area (Å²) in [4.78, 5) is 10.3. The van der Waals surface area contributed by atoms with Crippen molar-refractivity contribution in [3.8, 4) is 0 Å². The number of thioether (sulfide) groups is 1. The Morgan fingerprint density at radius 3 is 2.73 bits per heavy atom. The second kappa shape index (κ2) is 10.3. The molecular formula is C11H23NO2S. The zero-order valence-corrected chi connectivity index (χ0v) is 10.6. The highest BCUT2D eigenvalue weighted by atomic mass is 32.2. The number of rotatable bonds is 10. The van der Waals surface area contributed by atoms with Gasteiger partial charge in [0.1, 0.15) is 0 Å². The number of carboxylic acid groups (broad SMARTS) is 1. The third-order valence-electron chi connectivity index (χ3n) is 2.31. The van der Waals surface area contributed by atoms with Crippen LogP contribution in [0, 0.1) is 0 Å². The standard InChI is InChI=1S/C11H23NO2S/c1-10(6-7-11(13)14)12-8-4-3-5-9-15-2/h10,12H,3-9H2,1-2H3,(H,13,14). The number of aliphatic carboxylic acids is 1. The molecule has 0 saturated carbocycles. The summed E-state index contributed by atoms with van der Waals surface area (Å²) in [6.45, 7) is 3.06. The number of nitrogens with one attached hydrogen (secondary N) is 1. The molecule has 0 bridgehead atoms. The lowest BCUT2D eigenvalue weighted by Crippen LogP contribution is -2.27. The van der Waals surface area contributed by atoms with Crippen LogP contribution in [-0.4, -0.2) is 35.7 Å². The summed E-state index contributed by atoms with van der Waals surface area (Å²) in [6, 6.07) is 0.321. The van der Waals surface area contributed by atoms with Gasteiger partial charge in [-0.3, -0.25) is 4.79 Å². The van der Waals surface area contributed by atoms with Gasteiger partial charge in [-0.1, -0.05) is 6.42 Å². The SMILES string of the molecule is CSCCCCCNC(C)CCC(=O)O. The molecule has 2 N–H and O–H groups in total. The smallest absolute Gasteiger partial charge is 0.303 e. The van der Waals surface area contributed by atoms with Crippen LogP contribution in [0.4, 0.5) is 0 Å². The highest BCUT2D eigenvalue weighted by molar-refractivity contribution is 7.98. The van der Waals surface area contributed by atoms with Gasteiger partial charge in [-0.2, -0.15) is 11.8 Å². The fourth-order valence-electron chi connectivity index (χ4n) is 1.34. The zero-order valence-electron chi connectivity index (χ0n) is 9.79. The maximum absolute atomic E-state index is 10.3. The molecule has 0 saturated heterocycles. The van der Waals surface area contributed by atoms with E-state index in [0.717, 1.165) is 13.0 Å². The van der Waals surface area contributed by atoms with Gasteiger partial charge in [0.2, 0.25) is 0 Å². The van der Waals surface area contributed by atoms with E-state index in [1.165, 1.54) is 25.0 Å². The maximum atomic E-state index is 10.3. The first-order valence-electron chi connectivity index (χ1n) is 5.61. The second-order valence-electron chi connectivity index (χ2n) is 3.84. The van der Waals surface area contributed by atoms with Crippen LogP contribution in [0.15, 0.2) is 0 Å². The average molecular weight is 233 g/mol. The molecule has 0 aliphatic rings. The molecule has 0 aliphatic carbocycles. The van der Waals surface area contributed by atoms with Gasteiger partial charge in [-0.25, -0.2) is 0 Å². The predicted octanol–water partition coefficient (Wildman–Crippen LogP) is 2.36. The van der Waals surface area contributed by atoms with Crippen molar-refractivity contribution in [1.82, 2.24) is 5.32 Å². The number of hydrogen-bond acceptors (Lipinski definition) is 3. The van der Waals surface area contributed by atoms with Gasteiger partial charge in [0.25, 0.3) is 0 Å². The monoisotopic (exact) mass is 233 g/mol. The Morgan fingerprint density at radius 1 is 1.40 bits per heavy atom. The van der Waals surface area contributed by atoms with Crippen molar-refractivity contribution in [2.24, 2.45) is 0 Å². The van der Waals surface area contributed by atoms with Crippen molar-refractivity contribution in [3.05, 3.63) is 0 Å². The summed E-state index contributed by atoms with van der Waals surface area (Å²) < 4.78 is 0. The van der Waals surface area contributed by atoms with E-state index in [4.69, 9.17) is 5.11 Å². The highest BCUT2D eigenvalue weighted by Gasteiger charge is 2.03. The minimum Gasteiger partial charge on any atom is -0.481 e. The lowest BCUT2D eigenvalue weighted by atomic mass is 10.1. The first-order valence-corrected chi connectivity index (χ1v) is 7.00. The van der Waals surface area contributed by atoms with Crippen molar-refractivity contribution < 1.29 is 9.90 Å². The van der Waals surface area contributed by atoms with Crippen LogP contribution in [0.3, 0.4) is 0 Å². The van der Waals surface area contributed by atoms with Crippen molar-refractivity contribution in [3.63, 3.8) is 0 Å². The van der Waals surface area contributed by atoms with E-state index in [1.807, 2.05) is 18.7 Å². The third-order valence-corrected chi connectivity index (χ3v) is 3.01. The van der Waals surface area contributed by atoms with E-state index in [1.54, 1.807) is 0 Å². The van der Waals surface area contributed by atoms with Gasteiger partial charge in [0.05, 0.1) is 0 Å². The molecule has 0 spiro atoms. The van der Waals surface area contributed by atoms with Crippen molar-refractivity contribution in [2.75, 3.05) is 18.6 Å². The molecule has 15 heavy (non-hydrogen) atoms. The van der Waals surface area contributed by atoms with E-state index < -0.39 is 5.97 Å². The molecule has 90 valence electrons. The Labute approximate surface area is 97.0 Å². The predicted molar refractivity (Wildman–Crippen MR) is 66.6 cm³/mol. The molecule has 1 unspecified atom stereocenters. The Bertz CT molecular complexity index is 165. The summed E-state index contributed by atoms with van der Waals surface area (Å²) in [7, 11) is 0. The normalized spacial score (nSPS) is 12.7. The van der Waals surface area contributed by atoms with Gasteiger partial charge in [0, 0.05) is 12.5 Å². The fourth-order valence-corrected chi connectivity index (χ4v) is 1.83. The maximum Gasteiger partial charge on any atom is 0.303 e. The fraction of sp³-hybridized carbons (Fsp3) is 0.909. The van der Waals surface area contributed by atoms with Crippen LogP contribution in [0.5, 0.6) is 0 Å². The van der Waals surface area contributed by atoms with Crippen molar-refractivity contribution in [1.29, 1.82) is 0 Å². The highest BCUT2D eigenvalue weighted by Crippen LogP contribution is 2.02. The minimum atomic E-state index is -0.705. The minimum absolute atomic E-state index is 0.265. The van der Waals surface area contributed by atoms with E-state index in [0.29, 0.717) is 6.04 Å². The summed E-state index contributed by atoms with van der Waals surface area (Å²) in [5, 5.41) is 11.8. The largest absolute Gasteiger partial charge is 0.481 e. The zero-order chi connectivity index (χ0) is 11.5. The summed E-state index contributed by atoms with van der Waals surface area (Å²) in [5.74, 6) is 0.540. The number of unbranched alkanes of at least 4 members (excludes halogenated alkanes) is 2. The molecule has 4 heteroatoms. The molecule has 0 radical (unpaired) electrons. The Hall–Kier alpha value is -0.220. The molecule has 3 nitrogen and oxygen atoms in total. The number of hydrogen-bond donors (Lipinski definition) is 2. The molecule has 1 atom stereocenters. The molecule has 0 heterocycles. The quantitative estimate of drug-likeness (QED) is 0.569. The van der Waals surface area contributed by atoms with Gasteiger partial charge < -0.3 is 10.4 Å². The van der Waals surface area contributed by atoms with Crippen LogP contribution in [0.2, 0.25) is 0 Å². The summed E-state index contributed by atoms with van der Waals surface area (Å²) >= 11 is 1.89. The van der Waals surface area contributed by atoms with E-state index >= 15 is 0 Å². The average Bonchev–Trinajstić information content (AvgIpc) is 2.20. The van der Waals surface area contributed by atoms with Gasteiger partial charge in [0.15, 0.2) is 0 Å².